The van der Waals surface area contributed by atoms with Gasteiger partial charge in [-0.1, -0.05) is 24.3 Å². The van der Waals surface area contributed by atoms with E-state index in [1.54, 1.807) is 12.1 Å². The van der Waals surface area contributed by atoms with Crippen LogP contribution in [0, 0.1) is 11.6 Å². The summed E-state index contributed by atoms with van der Waals surface area (Å²) in [6, 6.07) is 11.4. The Hall–Kier alpha value is -2.27. The molecule has 1 amide bonds. The lowest BCUT2D eigenvalue weighted by atomic mass is 9.95. The van der Waals surface area contributed by atoms with E-state index in [9.17, 15) is 18.7 Å². The van der Waals surface area contributed by atoms with Crippen molar-refractivity contribution < 1.29 is 18.7 Å². The molecular formula is C18H17F2NO2. The highest BCUT2D eigenvalue weighted by Crippen LogP contribution is 2.48. The molecule has 3 nitrogen and oxygen atoms in total. The summed E-state index contributed by atoms with van der Waals surface area (Å²) in [4.78, 5) is 12.4. The summed E-state index contributed by atoms with van der Waals surface area (Å²) in [7, 11) is 0. The van der Waals surface area contributed by atoms with Crippen molar-refractivity contribution in [3.8, 4) is 0 Å². The molecular weight excluding hydrogens is 300 g/mol. The fourth-order valence-corrected chi connectivity index (χ4v) is 2.70. The van der Waals surface area contributed by atoms with Crippen molar-refractivity contribution in [2.75, 3.05) is 6.54 Å². The number of rotatable bonds is 5. The molecule has 1 aliphatic carbocycles. The van der Waals surface area contributed by atoms with Crippen LogP contribution in [0.25, 0.3) is 0 Å². The smallest absolute Gasteiger partial charge is 0.230 e. The minimum absolute atomic E-state index is 0.0490. The van der Waals surface area contributed by atoms with Crippen molar-refractivity contribution in [3.05, 3.63) is 71.3 Å². The maximum atomic E-state index is 13.0. The molecule has 0 heterocycles. The van der Waals surface area contributed by atoms with E-state index in [4.69, 9.17) is 0 Å². The van der Waals surface area contributed by atoms with Crippen LogP contribution in [0.3, 0.4) is 0 Å². The van der Waals surface area contributed by atoms with Crippen LogP contribution in [0.5, 0.6) is 0 Å². The molecule has 1 fully saturated rings. The van der Waals surface area contributed by atoms with Gasteiger partial charge >= 0.3 is 0 Å². The van der Waals surface area contributed by atoms with Gasteiger partial charge in [-0.2, -0.15) is 0 Å². The molecule has 2 N–H and O–H groups in total. The van der Waals surface area contributed by atoms with Gasteiger partial charge in [0.1, 0.15) is 11.6 Å². The first-order valence-electron chi connectivity index (χ1n) is 7.49. The Balaban J connectivity index is 1.63. The van der Waals surface area contributed by atoms with Crippen molar-refractivity contribution in [2.45, 2.75) is 24.4 Å². The van der Waals surface area contributed by atoms with Crippen LogP contribution in [-0.4, -0.2) is 17.6 Å². The van der Waals surface area contributed by atoms with E-state index in [1.165, 1.54) is 36.4 Å². The molecule has 1 aliphatic rings. The number of amides is 1. The van der Waals surface area contributed by atoms with Gasteiger partial charge in [0.25, 0.3) is 0 Å². The molecule has 0 radical (unpaired) electrons. The second-order valence-corrected chi connectivity index (χ2v) is 5.87. The predicted octanol–water partition coefficient (Wildman–Crippen LogP) is 2.85. The van der Waals surface area contributed by atoms with Gasteiger partial charge in [-0.25, -0.2) is 8.78 Å². The number of hydrogen-bond donors (Lipinski definition) is 2. The summed E-state index contributed by atoms with van der Waals surface area (Å²) in [6.07, 6.45) is 0.511. The van der Waals surface area contributed by atoms with E-state index in [0.29, 0.717) is 18.4 Å². The molecule has 0 saturated heterocycles. The molecule has 0 bridgehead atoms. The number of aliphatic hydroxyl groups excluding tert-OH is 1. The minimum atomic E-state index is -0.899. The molecule has 1 saturated carbocycles. The van der Waals surface area contributed by atoms with Crippen molar-refractivity contribution in [2.24, 2.45) is 0 Å². The van der Waals surface area contributed by atoms with Crippen LogP contribution in [0.15, 0.2) is 48.5 Å². The first kappa shape index (κ1) is 15.6. The largest absolute Gasteiger partial charge is 0.387 e. The first-order valence-corrected chi connectivity index (χ1v) is 7.49. The number of nitrogens with one attached hydrogen (secondary N) is 1. The number of hydrogen-bond acceptors (Lipinski definition) is 2. The summed E-state index contributed by atoms with van der Waals surface area (Å²) >= 11 is 0. The van der Waals surface area contributed by atoms with Crippen LogP contribution >= 0.6 is 0 Å². The summed E-state index contributed by atoms with van der Waals surface area (Å²) in [6.45, 7) is 0.0490. The normalized spacial score (nSPS) is 16.7. The Morgan fingerprint density at radius 2 is 1.57 bits per heavy atom. The van der Waals surface area contributed by atoms with Crippen LogP contribution in [-0.2, 0) is 10.2 Å². The summed E-state index contributed by atoms with van der Waals surface area (Å²) < 4.78 is 25.9. The minimum Gasteiger partial charge on any atom is -0.387 e. The number of benzene rings is 2. The molecule has 23 heavy (non-hydrogen) atoms. The maximum Gasteiger partial charge on any atom is 0.230 e. The van der Waals surface area contributed by atoms with E-state index >= 15 is 0 Å². The van der Waals surface area contributed by atoms with Gasteiger partial charge < -0.3 is 10.4 Å². The summed E-state index contributed by atoms with van der Waals surface area (Å²) in [5, 5.41) is 12.8. The highest BCUT2D eigenvalue weighted by atomic mass is 19.1. The number of carbonyl (C=O) groups excluding carboxylic acids is 1. The van der Waals surface area contributed by atoms with Gasteiger partial charge in [0.15, 0.2) is 0 Å². The van der Waals surface area contributed by atoms with Crippen LogP contribution in [0.1, 0.15) is 30.1 Å². The third-order valence-electron chi connectivity index (χ3n) is 4.29. The van der Waals surface area contributed by atoms with Crippen molar-refractivity contribution in [3.63, 3.8) is 0 Å². The first-order chi connectivity index (χ1) is 11.0. The fraction of sp³-hybridized carbons (Fsp3) is 0.278. The molecule has 1 atom stereocenters. The van der Waals surface area contributed by atoms with E-state index in [-0.39, 0.29) is 24.1 Å². The molecule has 2 aromatic rings. The zero-order valence-electron chi connectivity index (χ0n) is 12.4. The van der Waals surface area contributed by atoms with Crippen molar-refractivity contribution in [1.29, 1.82) is 0 Å². The van der Waals surface area contributed by atoms with E-state index in [2.05, 4.69) is 5.32 Å². The molecule has 0 aliphatic heterocycles. The van der Waals surface area contributed by atoms with Gasteiger partial charge in [-0.3, -0.25) is 4.79 Å². The lowest BCUT2D eigenvalue weighted by Gasteiger charge is -2.18. The van der Waals surface area contributed by atoms with Gasteiger partial charge in [0.2, 0.25) is 5.91 Å². The zero-order chi connectivity index (χ0) is 16.4. The van der Waals surface area contributed by atoms with Gasteiger partial charge in [0, 0.05) is 6.54 Å². The fourth-order valence-electron chi connectivity index (χ4n) is 2.70. The number of aliphatic hydroxyl groups is 1. The molecule has 5 heteroatoms. The topological polar surface area (TPSA) is 49.3 Å². The Labute approximate surface area is 133 Å². The standard InChI is InChI=1S/C18H17F2NO2/c19-14-5-1-12(2-6-14)16(22)11-21-17(23)18(9-10-18)13-3-7-15(20)8-4-13/h1-8,16,22H,9-11H2,(H,21,23). The molecule has 120 valence electrons. The predicted molar refractivity (Wildman–Crippen MR) is 81.7 cm³/mol. The van der Waals surface area contributed by atoms with Crippen LogP contribution in [0.2, 0.25) is 0 Å². The SMILES string of the molecule is O=C(NCC(O)c1ccc(F)cc1)C1(c2ccc(F)cc2)CC1. The van der Waals surface area contributed by atoms with Gasteiger partial charge in [-0.05, 0) is 48.2 Å². The second-order valence-electron chi connectivity index (χ2n) is 5.87. The Kier molecular flexibility index (Phi) is 4.13. The number of carbonyl (C=O) groups is 1. The quantitative estimate of drug-likeness (QED) is 0.891. The third-order valence-corrected chi connectivity index (χ3v) is 4.29. The lowest BCUT2D eigenvalue weighted by molar-refractivity contribution is -0.124. The van der Waals surface area contributed by atoms with Crippen molar-refractivity contribution >= 4 is 5.91 Å². The highest BCUT2D eigenvalue weighted by molar-refractivity contribution is 5.91. The average Bonchev–Trinajstić information content (AvgIpc) is 3.35. The van der Waals surface area contributed by atoms with Gasteiger partial charge in [0.05, 0.1) is 11.5 Å². The second kappa shape index (κ2) is 6.08. The average molecular weight is 317 g/mol. The molecule has 3 rings (SSSR count). The summed E-state index contributed by atoms with van der Waals surface area (Å²) in [5.41, 5.74) is 0.710. The van der Waals surface area contributed by atoms with Crippen LogP contribution in [0.4, 0.5) is 8.78 Å². The van der Waals surface area contributed by atoms with E-state index in [0.717, 1.165) is 5.56 Å². The van der Waals surface area contributed by atoms with E-state index in [1.807, 2.05) is 0 Å². The molecule has 1 unspecified atom stereocenters. The summed E-state index contributed by atoms with van der Waals surface area (Å²) in [5.74, 6) is -0.889. The maximum absolute atomic E-state index is 13.0. The van der Waals surface area contributed by atoms with Crippen molar-refractivity contribution in [1.82, 2.24) is 5.32 Å². The Morgan fingerprint density at radius 3 is 2.09 bits per heavy atom. The van der Waals surface area contributed by atoms with Gasteiger partial charge in [-0.15, -0.1) is 0 Å². The monoisotopic (exact) mass is 317 g/mol. The molecule has 0 aromatic heterocycles. The molecule has 0 spiro atoms. The van der Waals surface area contributed by atoms with Crippen LogP contribution < -0.4 is 5.32 Å². The Morgan fingerprint density at radius 1 is 1.04 bits per heavy atom. The highest BCUT2D eigenvalue weighted by Gasteiger charge is 2.51. The molecule has 2 aromatic carbocycles. The number of halogens is 2. The third kappa shape index (κ3) is 3.24. The Bertz CT molecular complexity index is 694. The van der Waals surface area contributed by atoms with E-state index < -0.39 is 11.5 Å². The lowest BCUT2D eigenvalue weighted by Crippen LogP contribution is -2.37. The zero-order valence-corrected chi connectivity index (χ0v) is 12.4.